The number of methoxy groups -OCH3 is 1. The van der Waals surface area contributed by atoms with E-state index in [2.05, 4.69) is 24.1 Å². The van der Waals surface area contributed by atoms with Gasteiger partial charge in [0.2, 0.25) is 0 Å². The summed E-state index contributed by atoms with van der Waals surface area (Å²) in [5.74, 6) is 1.57. The summed E-state index contributed by atoms with van der Waals surface area (Å²) in [5, 5.41) is 3.79. The number of piperidine rings is 1. The van der Waals surface area contributed by atoms with E-state index in [1.165, 1.54) is 58.2 Å². The molecule has 20 heavy (non-hydrogen) atoms. The summed E-state index contributed by atoms with van der Waals surface area (Å²) in [6, 6.07) is 0.754. The Morgan fingerprint density at radius 2 is 2.00 bits per heavy atom. The average molecular weight is 282 g/mol. The largest absolute Gasteiger partial charge is 0.380 e. The van der Waals surface area contributed by atoms with Crippen LogP contribution in [-0.4, -0.2) is 50.3 Å². The molecular formula is C17H34N2O. The Labute approximate surface area is 125 Å². The summed E-state index contributed by atoms with van der Waals surface area (Å²) in [6.07, 6.45) is 8.60. The first-order chi connectivity index (χ1) is 9.74. The van der Waals surface area contributed by atoms with Gasteiger partial charge in [-0.2, -0.15) is 0 Å². The smallest absolute Gasteiger partial charge is 0.0724 e. The van der Waals surface area contributed by atoms with Gasteiger partial charge in [0.1, 0.15) is 0 Å². The molecule has 0 radical (unpaired) electrons. The summed E-state index contributed by atoms with van der Waals surface area (Å²) >= 11 is 0. The van der Waals surface area contributed by atoms with E-state index >= 15 is 0 Å². The Balaban J connectivity index is 1.83. The number of nitrogens with one attached hydrogen (secondary N) is 1. The fourth-order valence-corrected chi connectivity index (χ4v) is 3.93. The highest BCUT2D eigenvalue weighted by atomic mass is 16.5. The van der Waals surface area contributed by atoms with Crippen LogP contribution in [0.1, 0.15) is 52.4 Å². The first-order valence-corrected chi connectivity index (χ1v) is 8.73. The molecule has 2 rings (SSSR count). The average Bonchev–Trinajstić information content (AvgIpc) is 2.48. The van der Waals surface area contributed by atoms with Crippen LogP contribution in [0, 0.1) is 11.8 Å². The summed E-state index contributed by atoms with van der Waals surface area (Å²) in [5.41, 5.74) is 0. The minimum Gasteiger partial charge on any atom is -0.380 e. The zero-order chi connectivity index (χ0) is 14.4. The zero-order valence-electron chi connectivity index (χ0n) is 13.7. The number of ether oxygens (including phenoxy) is 1. The minimum absolute atomic E-state index is 0.439. The monoisotopic (exact) mass is 282 g/mol. The highest BCUT2D eigenvalue weighted by Gasteiger charge is 2.30. The van der Waals surface area contributed by atoms with Crippen molar-refractivity contribution < 1.29 is 4.74 Å². The van der Waals surface area contributed by atoms with Crippen LogP contribution in [0.3, 0.4) is 0 Å². The molecule has 0 aromatic heterocycles. The van der Waals surface area contributed by atoms with E-state index in [1.807, 2.05) is 7.11 Å². The Hall–Kier alpha value is -0.120. The lowest BCUT2D eigenvalue weighted by Gasteiger charge is -2.41. The van der Waals surface area contributed by atoms with Crippen molar-refractivity contribution in [2.24, 2.45) is 11.8 Å². The van der Waals surface area contributed by atoms with E-state index in [-0.39, 0.29) is 0 Å². The lowest BCUT2D eigenvalue weighted by Crippen LogP contribution is -2.49. The SMILES string of the molecule is CCCNC1CCCCC1CN1CCC(C)C(OC)C1. The predicted molar refractivity (Wildman–Crippen MR) is 85.1 cm³/mol. The van der Waals surface area contributed by atoms with Crippen LogP contribution in [-0.2, 0) is 4.74 Å². The molecule has 0 amide bonds. The molecule has 4 unspecified atom stereocenters. The van der Waals surface area contributed by atoms with Crippen LogP contribution < -0.4 is 5.32 Å². The Morgan fingerprint density at radius 1 is 1.20 bits per heavy atom. The molecule has 0 spiro atoms. The second-order valence-electron chi connectivity index (χ2n) is 6.90. The molecule has 118 valence electrons. The molecule has 2 aliphatic rings. The van der Waals surface area contributed by atoms with E-state index in [9.17, 15) is 0 Å². The van der Waals surface area contributed by atoms with Crippen molar-refractivity contribution in [2.45, 2.75) is 64.5 Å². The van der Waals surface area contributed by atoms with Crippen molar-refractivity contribution >= 4 is 0 Å². The first-order valence-electron chi connectivity index (χ1n) is 8.73. The second-order valence-corrected chi connectivity index (χ2v) is 6.90. The van der Waals surface area contributed by atoms with Crippen molar-refractivity contribution in [2.75, 3.05) is 33.3 Å². The zero-order valence-corrected chi connectivity index (χ0v) is 13.7. The number of hydrogen-bond donors (Lipinski definition) is 1. The maximum atomic E-state index is 5.66. The van der Waals surface area contributed by atoms with Crippen LogP contribution in [0.25, 0.3) is 0 Å². The van der Waals surface area contributed by atoms with E-state index in [4.69, 9.17) is 4.74 Å². The van der Waals surface area contributed by atoms with E-state index in [0.29, 0.717) is 6.10 Å². The molecular weight excluding hydrogens is 248 g/mol. The third kappa shape index (κ3) is 4.44. The van der Waals surface area contributed by atoms with Gasteiger partial charge in [-0.3, -0.25) is 0 Å². The molecule has 3 heteroatoms. The van der Waals surface area contributed by atoms with Gasteiger partial charge in [0, 0.05) is 26.2 Å². The van der Waals surface area contributed by atoms with Crippen molar-refractivity contribution in [1.82, 2.24) is 10.2 Å². The Kier molecular flexibility index (Phi) is 6.79. The number of hydrogen-bond acceptors (Lipinski definition) is 3. The topological polar surface area (TPSA) is 24.5 Å². The second kappa shape index (κ2) is 8.35. The third-order valence-corrected chi connectivity index (χ3v) is 5.33. The van der Waals surface area contributed by atoms with Crippen LogP contribution in [0.4, 0.5) is 0 Å². The van der Waals surface area contributed by atoms with Crippen LogP contribution in [0.2, 0.25) is 0 Å². The first kappa shape index (κ1) is 16.3. The minimum atomic E-state index is 0.439. The highest BCUT2D eigenvalue weighted by Crippen LogP contribution is 2.27. The van der Waals surface area contributed by atoms with Gasteiger partial charge in [0.25, 0.3) is 0 Å². The molecule has 1 saturated carbocycles. The van der Waals surface area contributed by atoms with Gasteiger partial charge >= 0.3 is 0 Å². The van der Waals surface area contributed by atoms with E-state index in [0.717, 1.165) is 24.4 Å². The molecule has 1 saturated heterocycles. The molecule has 0 aromatic rings. The fraction of sp³-hybridized carbons (Fsp3) is 1.00. The van der Waals surface area contributed by atoms with Crippen molar-refractivity contribution in [3.8, 4) is 0 Å². The van der Waals surface area contributed by atoms with Gasteiger partial charge in [-0.25, -0.2) is 0 Å². The maximum absolute atomic E-state index is 5.66. The van der Waals surface area contributed by atoms with Crippen LogP contribution in [0.15, 0.2) is 0 Å². The van der Waals surface area contributed by atoms with Crippen molar-refractivity contribution in [3.05, 3.63) is 0 Å². The molecule has 1 heterocycles. The van der Waals surface area contributed by atoms with Gasteiger partial charge in [0.05, 0.1) is 6.10 Å². The van der Waals surface area contributed by atoms with Crippen LogP contribution >= 0.6 is 0 Å². The molecule has 4 atom stereocenters. The molecule has 1 N–H and O–H groups in total. The standard InChI is InChI=1S/C17H34N2O/c1-4-10-18-16-8-6-5-7-15(16)12-19-11-9-14(2)17(13-19)20-3/h14-18H,4-13H2,1-3H3. The molecule has 0 bridgehead atoms. The highest BCUT2D eigenvalue weighted by molar-refractivity contribution is 4.86. The summed E-state index contributed by atoms with van der Waals surface area (Å²) in [4.78, 5) is 2.66. The molecule has 1 aliphatic carbocycles. The van der Waals surface area contributed by atoms with Gasteiger partial charge in [0.15, 0.2) is 0 Å². The van der Waals surface area contributed by atoms with Gasteiger partial charge in [-0.15, -0.1) is 0 Å². The van der Waals surface area contributed by atoms with Gasteiger partial charge in [-0.05, 0) is 50.6 Å². The van der Waals surface area contributed by atoms with E-state index < -0.39 is 0 Å². The molecule has 3 nitrogen and oxygen atoms in total. The molecule has 0 aromatic carbocycles. The number of nitrogens with zero attached hydrogens (tertiary/aromatic N) is 1. The maximum Gasteiger partial charge on any atom is 0.0724 e. The fourth-order valence-electron chi connectivity index (χ4n) is 3.93. The lowest BCUT2D eigenvalue weighted by atomic mass is 9.83. The molecule has 2 fully saturated rings. The Morgan fingerprint density at radius 3 is 2.75 bits per heavy atom. The predicted octanol–water partition coefficient (Wildman–Crippen LogP) is 2.90. The lowest BCUT2D eigenvalue weighted by molar-refractivity contribution is -0.0126. The quantitative estimate of drug-likeness (QED) is 0.811. The summed E-state index contributed by atoms with van der Waals surface area (Å²) in [7, 11) is 1.87. The van der Waals surface area contributed by atoms with Gasteiger partial charge < -0.3 is 15.0 Å². The normalized spacial score (nSPS) is 36.1. The van der Waals surface area contributed by atoms with Crippen LogP contribution in [0.5, 0.6) is 0 Å². The number of likely N-dealkylation sites (tertiary alicyclic amines) is 1. The Bertz CT molecular complexity index is 272. The third-order valence-electron chi connectivity index (χ3n) is 5.33. The summed E-state index contributed by atoms with van der Waals surface area (Å²) < 4.78 is 5.66. The van der Waals surface area contributed by atoms with Crippen molar-refractivity contribution in [1.29, 1.82) is 0 Å². The number of rotatable bonds is 6. The van der Waals surface area contributed by atoms with E-state index in [1.54, 1.807) is 0 Å². The van der Waals surface area contributed by atoms with Gasteiger partial charge in [-0.1, -0.05) is 26.7 Å². The van der Waals surface area contributed by atoms with Crippen molar-refractivity contribution in [3.63, 3.8) is 0 Å². The molecule has 1 aliphatic heterocycles. The summed E-state index contributed by atoms with van der Waals surface area (Å²) in [6.45, 7) is 9.44.